The van der Waals surface area contributed by atoms with Gasteiger partial charge >= 0.3 is 0 Å². The van der Waals surface area contributed by atoms with Crippen LogP contribution < -0.4 is 4.90 Å². The molecule has 0 unspecified atom stereocenters. The largest absolute Gasteiger partial charge is 0.379 e. The molecule has 0 amide bonds. The Morgan fingerprint density at radius 1 is 1.33 bits per heavy atom. The van der Waals surface area contributed by atoms with Gasteiger partial charge in [-0.05, 0) is 0 Å². The Bertz CT molecular complexity index is 69.3. The van der Waals surface area contributed by atoms with Gasteiger partial charge in [0.2, 0.25) is 0 Å². The van der Waals surface area contributed by atoms with Gasteiger partial charge in [0.15, 0.2) is 0 Å². The maximum atomic E-state index is 4.98. The van der Waals surface area contributed by atoms with E-state index in [0.717, 1.165) is 6.61 Å². The average molecular weight is 130 g/mol. The van der Waals surface area contributed by atoms with Crippen molar-refractivity contribution in [3.63, 3.8) is 0 Å². The van der Waals surface area contributed by atoms with E-state index in [1.54, 1.807) is 12.0 Å². The van der Waals surface area contributed by atoms with Crippen LogP contribution in [0.3, 0.4) is 0 Å². The third kappa shape index (κ3) is 2.33. The van der Waals surface area contributed by atoms with Gasteiger partial charge in [0.1, 0.15) is 6.54 Å². The molecule has 0 aromatic heterocycles. The summed E-state index contributed by atoms with van der Waals surface area (Å²) in [5.74, 6) is 0. The lowest BCUT2D eigenvalue weighted by atomic mass is 10.4. The summed E-state index contributed by atoms with van der Waals surface area (Å²) in [5.41, 5.74) is 0. The summed E-state index contributed by atoms with van der Waals surface area (Å²) in [6.45, 7) is 4.86. The fourth-order valence-electron chi connectivity index (χ4n) is 1.37. The molecule has 1 rings (SSSR count). The number of rotatable bonds is 3. The molecule has 2 nitrogen and oxygen atoms in total. The number of quaternary nitrogens is 1. The van der Waals surface area contributed by atoms with E-state index in [4.69, 9.17) is 4.74 Å². The molecule has 1 heterocycles. The van der Waals surface area contributed by atoms with E-state index >= 15 is 0 Å². The minimum atomic E-state index is 0.926. The van der Waals surface area contributed by atoms with Crippen LogP contribution in [-0.2, 0) is 4.74 Å². The molecule has 1 aliphatic rings. The van der Waals surface area contributed by atoms with Crippen molar-refractivity contribution in [3.05, 3.63) is 0 Å². The first-order valence-electron chi connectivity index (χ1n) is 3.76. The van der Waals surface area contributed by atoms with Gasteiger partial charge in [-0.25, -0.2) is 0 Å². The molecule has 54 valence electrons. The van der Waals surface area contributed by atoms with Crippen LogP contribution in [0.2, 0.25) is 0 Å². The smallest absolute Gasteiger partial charge is 0.101 e. The molecular formula is C7H16NO+. The second-order valence-electron chi connectivity index (χ2n) is 2.70. The maximum absolute atomic E-state index is 4.98. The topological polar surface area (TPSA) is 13.7 Å². The van der Waals surface area contributed by atoms with E-state index in [9.17, 15) is 0 Å². The zero-order chi connectivity index (χ0) is 6.53. The highest BCUT2D eigenvalue weighted by Crippen LogP contribution is 1.86. The van der Waals surface area contributed by atoms with Gasteiger partial charge in [-0.15, -0.1) is 0 Å². The van der Waals surface area contributed by atoms with E-state index in [1.807, 2.05) is 0 Å². The van der Waals surface area contributed by atoms with Crippen LogP contribution in [0.4, 0.5) is 0 Å². The molecular weight excluding hydrogens is 114 g/mol. The second kappa shape index (κ2) is 3.85. The zero-order valence-electron chi connectivity index (χ0n) is 6.15. The zero-order valence-corrected chi connectivity index (χ0v) is 6.15. The molecule has 0 spiro atoms. The van der Waals surface area contributed by atoms with Crippen LogP contribution in [-0.4, -0.2) is 33.4 Å². The highest BCUT2D eigenvalue weighted by Gasteiger charge is 2.13. The molecule has 0 aliphatic carbocycles. The van der Waals surface area contributed by atoms with Gasteiger partial charge in [0.25, 0.3) is 0 Å². The van der Waals surface area contributed by atoms with E-state index in [1.165, 1.54) is 32.5 Å². The minimum Gasteiger partial charge on any atom is -0.379 e. The standard InChI is InChI=1S/C7H15NO/c1-9-7-6-8-4-2-3-5-8/h2-7H2,1H3/p+1. The molecule has 0 atom stereocenters. The van der Waals surface area contributed by atoms with E-state index < -0.39 is 0 Å². The van der Waals surface area contributed by atoms with Crippen molar-refractivity contribution >= 4 is 0 Å². The summed E-state index contributed by atoms with van der Waals surface area (Å²) < 4.78 is 4.98. The first-order valence-corrected chi connectivity index (χ1v) is 3.76. The summed E-state index contributed by atoms with van der Waals surface area (Å²) in [4.78, 5) is 1.72. The summed E-state index contributed by atoms with van der Waals surface area (Å²) in [6, 6.07) is 0. The summed E-state index contributed by atoms with van der Waals surface area (Å²) in [7, 11) is 1.77. The Morgan fingerprint density at radius 3 is 2.56 bits per heavy atom. The Labute approximate surface area is 56.8 Å². The highest BCUT2D eigenvalue weighted by molar-refractivity contribution is 4.43. The number of likely N-dealkylation sites (tertiary alicyclic amines) is 1. The predicted octanol–water partition coefficient (Wildman–Crippen LogP) is -0.688. The normalized spacial score (nSPS) is 21.0. The first-order chi connectivity index (χ1) is 4.43. The monoisotopic (exact) mass is 130 g/mol. The third-order valence-electron chi connectivity index (χ3n) is 1.97. The van der Waals surface area contributed by atoms with Crippen molar-refractivity contribution in [1.82, 2.24) is 0 Å². The van der Waals surface area contributed by atoms with Crippen molar-refractivity contribution in [2.24, 2.45) is 0 Å². The average Bonchev–Trinajstić information content (AvgIpc) is 2.34. The Balaban J connectivity index is 1.98. The van der Waals surface area contributed by atoms with Crippen LogP contribution in [0.1, 0.15) is 12.8 Å². The lowest BCUT2D eigenvalue weighted by molar-refractivity contribution is -0.887. The molecule has 1 saturated heterocycles. The SMILES string of the molecule is COCC[NH+]1CCCC1. The Morgan fingerprint density at radius 2 is 2.00 bits per heavy atom. The molecule has 0 aromatic rings. The van der Waals surface area contributed by atoms with Crippen molar-refractivity contribution in [1.29, 1.82) is 0 Å². The maximum Gasteiger partial charge on any atom is 0.101 e. The van der Waals surface area contributed by atoms with Crippen molar-refractivity contribution in [2.45, 2.75) is 12.8 Å². The highest BCUT2D eigenvalue weighted by atomic mass is 16.5. The van der Waals surface area contributed by atoms with Crippen LogP contribution >= 0.6 is 0 Å². The van der Waals surface area contributed by atoms with Crippen LogP contribution in [0, 0.1) is 0 Å². The lowest BCUT2D eigenvalue weighted by Gasteiger charge is -2.09. The van der Waals surface area contributed by atoms with Crippen LogP contribution in [0.15, 0.2) is 0 Å². The van der Waals surface area contributed by atoms with Gasteiger partial charge in [0, 0.05) is 20.0 Å². The number of nitrogens with one attached hydrogen (secondary N) is 1. The van der Waals surface area contributed by atoms with Crippen LogP contribution in [0.25, 0.3) is 0 Å². The number of ether oxygens (including phenoxy) is 1. The first kappa shape index (κ1) is 7.03. The Hall–Kier alpha value is -0.0800. The molecule has 0 bridgehead atoms. The van der Waals surface area contributed by atoms with Gasteiger partial charge in [-0.2, -0.15) is 0 Å². The van der Waals surface area contributed by atoms with E-state index in [-0.39, 0.29) is 0 Å². The summed E-state index contributed by atoms with van der Waals surface area (Å²) in [6.07, 6.45) is 2.83. The van der Waals surface area contributed by atoms with Gasteiger partial charge < -0.3 is 9.64 Å². The second-order valence-corrected chi connectivity index (χ2v) is 2.70. The summed E-state index contributed by atoms with van der Waals surface area (Å²) >= 11 is 0. The number of hydrogen-bond acceptors (Lipinski definition) is 1. The molecule has 0 saturated carbocycles. The molecule has 1 fully saturated rings. The van der Waals surface area contributed by atoms with E-state index in [2.05, 4.69) is 0 Å². The lowest BCUT2D eigenvalue weighted by Crippen LogP contribution is -3.10. The van der Waals surface area contributed by atoms with Crippen molar-refractivity contribution < 1.29 is 9.64 Å². The van der Waals surface area contributed by atoms with Gasteiger partial charge in [-0.3, -0.25) is 0 Å². The number of methoxy groups -OCH3 is 1. The number of hydrogen-bond donors (Lipinski definition) is 1. The fraction of sp³-hybridized carbons (Fsp3) is 1.00. The van der Waals surface area contributed by atoms with Crippen LogP contribution in [0.5, 0.6) is 0 Å². The predicted molar refractivity (Wildman–Crippen MR) is 36.7 cm³/mol. The quantitative estimate of drug-likeness (QED) is 0.534. The molecule has 2 heteroatoms. The fourth-order valence-corrected chi connectivity index (χ4v) is 1.37. The van der Waals surface area contributed by atoms with E-state index in [0.29, 0.717) is 0 Å². The molecule has 0 aromatic carbocycles. The summed E-state index contributed by atoms with van der Waals surface area (Å²) in [5, 5.41) is 0. The minimum absolute atomic E-state index is 0.926. The van der Waals surface area contributed by atoms with Gasteiger partial charge in [0.05, 0.1) is 19.7 Å². The van der Waals surface area contributed by atoms with Crippen molar-refractivity contribution in [3.8, 4) is 0 Å². The third-order valence-corrected chi connectivity index (χ3v) is 1.97. The van der Waals surface area contributed by atoms with Crippen molar-refractivity contribution in [2.75, 3.05) is 33.4 Å². The molecule has 1 N–H and O–H groups in total. The van der Waals surface area contributed by atoms with Gasteiger partial charge in [-0.1, -0.05) is 0 Å². The molecule has 9 heavy (non-hydrogen) atoms. The molecule has 0 radical (unpaired) electrons. The Kier molecular flexibility index (Phi) is 3.01. The molecule has 1 aliphatic heterocycles.